The average Bonchev–Trinajstić information content (AvgIpc) is 3.43. The van der Waals surface area contributed by atoms with Crippen LogP contribution in [-0.2, 0) is 25.3 Å². The number of hydrogen-bond acceptors (Lipinski definition) is 6. The largest absolute Gasteiger partial charge is 0.417 e. The normalized spacial score (nSPS) is 27.5. The van der Waals surface area contributed by atoms with Crippen molar-refractivity contribution in [2.75, 3.05) is 16.0 Å². The van der Waals surface area contributed by atoms with Crippen LogP contribution in [0.3, 0.4) is 0 Å². The third-order valence-electron chi connectivity index (χ3n) is 7.18. The van der Waals surface area contributed by atoms with Crippen molar-refractivity contribution < 1.29 is 32.3 Å². The van der Waals surface area contributed by atoms with E-state index in [9.17, 15) is 27.6 Å². The molecule has 2 aromatic rings. The van der Waals surface area contributed by atoms with Crippen LogP contribution in [0.1, 0.15) is 31.4 Å². The number of carbonyl (C=O) groups excluding carboxylic acids is 3. The van der Waals surface area contributed by atoms with Crippen molar-refractivity contribution in [1.29, 1.82) is 5.26 Å². The van der Waals surface area contributed by atoms with Gasteiger partial charge in [-0.2, -0.15) is 18.4 Å². The van der Waals surface area contributed by atoms with Gasteiger partial charge in [0.1, 0.15) is 5.60 Å². The molecule has 5 rings (SSSR count). The molecule has 1 N–H and O–H groups in total. The standard InChI is InChI=1S/C27H22F3N3O4S/c1-15(34)32-17-4-7-19(8-5-17)38-12-11-26-10-9-25(2,37-26)21-22(26)24(36)33(23(21)35)18-6-3-16(14-31)20(13-18)27(28,29)30/h3-10,13,21-22H,11-12H2,1-2H3,(H,32,34)/t21-,22?,25-,26-/m1/s1. The first-order chi connectivity index (χ1) is 17.9. The van der Waals surface area contributed by atoms with Gasteiger partial charge in [-0.15, -0.1) is 11.8 Å². The van der Waals surface area contributed by atoms with Crippen LogP contribution in [0.4, 0.5) is 24.5 Å². The van der Waals surface area contributed by atoms with Crippen LogP contribution in [0.15, 0.2) is 59.5 Å². The summed E-state index contributed by atoms with van der Waals surface area (Å²) in [5.41, 5.74) is -3.46. The zero-order valence-electron chi connectivity index (χ0n) is 20.3. The van der Waals surface area contributed by atoms with E-state index in [1.807, 2.05) is 12.1 Å². The molecular weight excluding hydrogens is 519 g/mol. The molecule has 2 aromatic carbocycles. The molecule has 2 bridgehead atoms. The molecular formula is C27H22F3N3O4S. The first-order valence-corrected chi connectivity index (χ1v) is 12.8. The number of nitrogens with one attached hydrogen (secondary N) is 1. The zero-order valence-corrected chi connectivity index (χ0v) is 21.2. The predicted octanol–water partition coefficient (Wildman–Crippen LogP) is 4.92. The second-order valence-electron chi connectivity index (χ2n) is 9.68. The number of nitrogens with zero attached hydrogens (tertiary/aromatic N) is 2. The van der Waals surface area contributed by atoms with E-state index < -0.39 is 52.2 Å². The van der Waals surface area contributed by atoms with E-state index in [0.717, 1.165) is 15.9 Å². The molecule has 0 aromatic heterocycles. The third-order valence-corrected chi connectivity index (χ3v) is 8.19. The molecule has 4 atom stereocenters. The number of carbonyl (C=O) groups is 3. The van der Waals surface area contributed by atoms with Gasteiger partial charge in [0.15, 0.2) is 0 Å². The lowest BCUT2D eigenvalue weighted by atomic mass is 9.71. The van der Waals surface area contributed by atoms with E-state index in [2.05, 4.69) is 5.32 Å². The van der Waals surface area contributed by atoms with Crippen LogP contribution in [-0.4, -0.2) is 34.7 Å². The number of nitriles is 1. The summed E-state index contributed by atoms with van der Waals surface area (Å²) in [6.07, 6.45) is -0.873. The number of alkyl halides is 3. The van der Waals surface area contributed by atoms with Crippen LogP contribution in [0.2, 0.25) is 0 Å². The summed E-state index contributed by atoms with van der Waals surface area (Å²) in [6, 6.07) is 11.6. The first kappa shape index (κ1) is 26.0. The Hall–Kier alpha value is -3.62. The number of hydrogen-bond donors (Lipinski definition) is 1. The lowest BCUT2D eigenvalue weighted by Gasteiger charge is -2.29. The minimum absolute atomic E-state index is 0.172. The molecule has 11 heteroatoms. The molecule has 0 aliphatic carbocycles. The van der Waals surface area contributed by atoms with Crippen LogP contribution < -0.4 is 10.2 Å². The van der Waals surface area contributed by atoms with E-state index in [-0.39, 0.29) is 11.6 Å². The maximum absolute atomic E-state index is 13.6. The van der Waals surface area contributed by atoms with Gasteiger partial charge in [0, 0.05) is 23.3 Å². The minimum atomic E-state index is -4.82. The summed E-state index contributed by atoms with van der Waals surface area (Å²) in [7, 11) is 0. The molecule has 3 aliphatic rings. The lowest BCUT2D eigenvalue weighted by molar-refractivity contribution is -0.138. The smallest absolute Gasteiger partial charge is 0.359 e. The Kier molecular flexibility index (Phi) is 6.16. The molecule has 2 fully saturated rings. The molecule has 38 heavy (non-hydrogen) atoms. The van der Waals surface area contributed by atoms with E-state index >= 15 is 0 Å². The number of imide groups is 1. The van der Waals surface area contributed by atoms with Gasteiger partial charge in [-0.25, -0.2) is 4.90 Å². The number of halogens is 3. The number of anilines is 2. The molecule has 1 unspecified atom stereocenters. The van der Waals surface area contributed by atoms with Gasteiger partial charge < -0.3 is 10.1 Å². The van der Waals surface area contributed by atoms with Crippen molar-refractivity contribution in [3.05, 3.63) is 65.7 Å². The quantitative estimate of drug-likeness (QED) is 0.317. The Labute approximate surface area is 220 Å². The second kappa shape index (κ2) is 8.99. The third kappa shape index (κ3) is 4.18. The van der Waals surface area contributed by atoms with Crippen molar-refractivity contribution in [3.63, 3.8) is 0 Å². The Bertz CT molecular complexity index is 1420. The molecule has 7 nitrogen and oxygen atoms in total. The molecule has 0 saturated carbocycles. The van der Waals surface area contributed by atoms with Crippen molar-refractivity contribution in [2.45, 2.75) is 42.5 Å². The summed E-state index contributed by atoms with van der Waals surface area (Å²) >= 11 is 1.52. The van der Waals surface area contributed by atoms with Crippen molar-refractivity contribution in [1.82, 2.24) is 0 Å². The molecule has 3 aliphatic heterocycles. The number of amides is 3. The molecule has 2 saturated heterocycles. The second-order valence-corrected chi connectivity index (χ2v) is 10.9. The SMILES string of the molecule is CC(=O)Nc1ccc(SCC[C@@]23C=C[C@@](C)(O2)[C@H]2C(=O)N(c4ccc(C#N)c(C(F)(F)F)c4)C(=O)C23)cc1. The van der Waals surface area contributed by atoms with Crippen molar-refractivity contribution in [3.8, 4) is 6.07 Å². The van der Waals surface area contributed by atoms with Gasteiger partial charge in [-0.1, -0.05) is 12.2 Å². The van der Waals surface area contributed by atoms with E-state index in [1.165, 1.54) is 30.8 Å². The number of benzene rings is 2. The maximum Gasteiger partial charge on any atom is 0.417 e. The molecule has 0 spiro atoms. The topological polar surface area (TPSA) is 99.5 Å². The molecule has 3 heterocycles. The van der Waals surface area contributed by atoms with Gasteiger partial charge in [-0.3, -0.25) is 14.4 Å². The monoisotopic (exact) mass is 541 g/mol. The number of rotatable bonds is 6. The fourth-order valence-corrected chi connectivity index (χ4v) is 6.56. The van der Waals surface area contributed by atoms with Gasteiger partial charge in [-0.05, 0) is 55.8 Å². The van der Waals surface area contributed by atoms with E-state index in [4.69, 9.17) is 10.00 Å². The van der Waals surface area contributed by atoms with Crippen molar-refractivity contribution in [2.24, 2.45) is 11.8 Å². The molecule has 0 radical (unpaired) electrons. The highest BCUT2D eigenvalue weighted by atomic mass is 32.2. The van der Waals surface area contributed by atoms with Gasteiger partial charge >= 0.3 is 6.18 Å². The van der Waals surface area contributed by atoms with Crippen molar-refractivity contribution >= 4 is 40.9 Å². The van der Waals surface area contributed by atoms with Gasteiger partial charge in [0.25, 0.3) is 0 Å². The predicted molar refractivity (Wildman–Crippen MR) is 133 cm³/mol. The minimum Gasteiger partial charge on any atom is -0.359 e. The van der Waals surface area contributed by atoms with Crippen LogP contribution in [0, 0.1) is 23.2 Å². The zero-order chi connectivity index (χ0) is 27.5. The number of ether oxygens (including phenoxy) is 1. The summed E-state index contributed by atoms with van der Waals surface area (Å²) < 4.78 is 46.9. The van der Waals surface area contributed by atoms with Gasteiger partial charge in [0.2, 0.25) is 17.7 Å². The van der Waals surface area contributed by atoms with E-state index in [0.29, 0.717) is 23.9 Å². The first-order valence-electron chi connectivity index (χ1n) is 11.8. The Morgan fingerprint density at radius 3 is 2.45 bits per heavy atom. The number of fused-ring (bicyclic) bond motifs is 5. The molecule has 3 amide bonds. The summed E-state index contributed by atoms with van der Waals surface area (Å²) in [5, 5.41) is 11.8. The fraction of sp³-hybridized carbons (Fsp3) is 0.333. The highest BCUT2D eigenvalue weighted by Crippen LogP contribution is 2.59. The highest BCUT2D eigenvalue weighted by Gasteiger charge is 2.71. The van der Waals surface area contributed by atoms with E-state index in [1.54, 1.807) is 31.2 Å². The van der Waals surface area contributed by atoms with Crippen LogP contribution >= 0.6 is 11.8 Å². The Morgan fingerprint density at radius 1 is 1.13 bits per heavy atom. The summed E-state index contributed by atoms with van der Waals surface area (Å²) in [4.78, 5) is 40.0. The summed E-state index contributed by atoms with van der Waals surface area (Å²) in [6.45, 7) is 3.13. The average molecular weight is 542 g/mol. The molecule has 196 valence electrons. The van der Waals surface area contributed by atoms with Gasteiger partial charge in [0.05, 0.1) is 40.3 Å². The number of thioether (sulfide) groups is 1. The highest BCUT2D eigenvalue weighted by molar-refractivity contribution is 7.99. The van der Waals surface area contributed by atoms with Crippen LogP contribution in [0.5, 0.6) is 0 Å². The van der Waals surface area contributed by atoms with Crippen LogP contribution in [0.25, 0.3) is 0 Å². The Morgan fingerprint density at radius 2 is 1.82 bits per heavy atom. The summed E-state index contributed by atoms with van der Waals surface area (Å²) in [5.74, 6) is -2.61. The fourth-order valence-electron chi connectivity index (χ4n) is 5.57. The Balaban J connectivity index is 1.38. The maximum atomic E-state index is 13.6. The lowest BCUT2D eigenvalue weighted by Crippen LogP contribution is -2.41.